The zero-order valence-electron chi connectivity index (χ0n) is 12.5. The van der Waals surface area contributed by atoms with Crippen LogP contribution in [0.3, 0.4) is 0 Å². The average Bonchev–Trinajstić information content (AvgIpc) is 2.99. The van der Waals surface area contributed by atoms with E-state index in [0.717, 1.165) is 22.9 Å². The minimum Gasteiger partial charge on any atom is -0.411 e. The monoisotopic (exact) mass is 383 g/mol. The number of carbonyl (C=O) groups is 1. The van der Waals surface area contributed by atoms with Crippen LogP contribution in [0.1, 0.15) is 26.7 Å². The fourth-order valence-corrected chi connectivity index (χ4v) is 2.93. The molecule has 0 fully saturated rings. The lowest BCUT2D eigenvalue weighted by molar-refractivity contribution is -0.119. The molecule has 1 aromatic heterocycles. The molecule has 0 unspecified atom stereocenters. The summed E-state index contributed by atoms with van der Waals surface area (Å²) in [6, 6.07) is 7.86. The Labute approximate surface area is 142 Å². The van der Waals surface area contributed by atoms with E-state index in [2.05, 4.69) is 45.3 Å². The number of benzene rings is 1. The van der Waals surface area contributed by atoms with E-state index >= 15 is 0 Å². The largest absolute Gasteiger partial charge is 0.411 e. The molecule has 0 radical (unpaired) electrons. The minimum absolute atomic E-state index is 0.0145. The molecule has 2 aromatic rings. The normalized spacial score (nSPS) is 10.9. The van der Waals surface area contributed by atoms with Crippen LogP contribution in [0.4, 0.5) is 0 Å². The third-order valence-corrected chi connectivity index (χ3v) is 4.70. The van der Waals surface area contributed by atoms with Crippen molar-refractivity contribution in [1.82, 2.24) is 15.5 Å². The highest BCUT2D eigenvalue weighted by molar-refractivity contribution is 9.10. The smallest absolute Gasteiger partial charge is 0.277 e. The van der Waals surface area contributed by atoms with Gasteiger partial charge in [-0.15, -0.1) is 10.2 Å². The van der Waals surface area contributed by atoms with Crippen molar-refractivity contribution in [2.24, 2.45) is 0 Å². The number of rotatable bonds is 7. The van der Waals surface area contributed by atoms with Crippen molar-refractivity contribution >= 4 is 33.6 Å². The Bertz CT molecular complexity index is 629. The molecule has 22 heavy (non-hydrogen) atoms. The van der Waals surface area contributed by atoms with E-state index in [9.17, 15) is 4.79 Å². The molecule has 0 spiro atoms. The first-order chi connectivity index (χ1) is 10.6. The van der Waals surface area contributed by atoms with Crippen LogP contribution < -0.4 is 5.32 Å². The third-order valence-electron chi connectivity index (χ3n) is 3.19. The number of nitrogens with zero attached hydrogens (tertiary/aromatic N) is 2. The molecule has 1 heterocycles. The van der Waals surface area contributed by atoms with Crippen LogP contribution in [0.15, 0.2) is 38.4 Å². The zero-order chi connectivity index (χ0) is 15.9. The molecular formula is C15H18BrN3O2S. The van der Waals surface area contributed by atoms with Gasteiger partial charge in [-0.3, -0.25) is 4.79 Å². The molecule has 2 rings (SSSR count). The molecule has 0 bridgehead atoms. The first kappa shape index (κ1) is 17.0. The molecule has 1 N–H and O–H groups in total. The van der Waals surface area contributed by atoms with Crippen LogP contribution in [0.5, 0.6) is 0 Å². The Balaban J connectivity index is 1.93. The molecule has 0 aliphatic heterocycles. The van der Waals surface area contributed by atoms with E-state index in [1.807, 2.05) is 24.3 Å². The van der Waals surface area contributed by atoms with Gasteiger partial charge < -0.3 is 9.73 Å². The highest BCUT2D eigenvalue weighted by Gasteiger charge is 2.14. The maximum atomic E-state index is 11.8. The predicted octanol–water partition coefficient (Wildman–Crippen LogP) is 3.90. The van der Waals surface area contributed by atoms with Gasteiger partial charge in [0.05, 0.1) is 11.3 Å². The zero-order valence-corrected chi connectivity index (χ0v) is 14.9. The van der Waals surface area contributed by atoms with E-state index in [4.69, 9.17) is 4.42 Å². The summed E-state index contributed by atoms with van der Waals surface area (Å²) in [6.45, 7) is 4.12. The second-order valence-electron chi connectivity index (χ2n) is 4.72. The van der Waals surface area contributed by atoms with Crippen molar-refractivity contribution in [1.29, 1.82) is 0 Å². The van der Waals surface area contributed by atoms with Gasteiger partial charge in [0.1, 0.15) is 0 Å². The summed E-state index contributed by atoms with van der Waals surface area (Å²) in [7, 11) is 0. The predicted molar refractivity (Wildman–Crippen MR) is 90.7 cm³/mol. The molecule has 1 amide bonds. The molecule has 118 valence electrons. The molecule has 0 saturated heterocycles. The van der Waals surface area contributed by atoms with Crippen LogP contribution in [0.25, 0.3) is 11.5 Å². The molecule has 0 saturated carbocycles. The third kappa shape index (κ3) is 4.58. The number of halogens is 1. The fraction of sp³-hybridized carbons (Fsp3) is 0.400. The second-order valence-corrected chi connectivity index (χ2v) is 6.50. The number of hydrogen-bond acceptors (Lipinski definition) is 5. The van der Waals surface area contributed by atoms with Crippen LogP contribution in [-0.2, 0) is 4.79 Å². The number of carbonyl (C=O) groups excluding carboxylic acids is 1. The minimum atomic E-state index is -0.0145. The second kappa shape index (κ2) is 8.33. The van der Waals surface area contributed by atoms with Gasteiger partial charge in [-0.05, 0) is 40.9 Å². The highest BCUT2D eigenvalue weighted by atomic mass is 79.9. The summed E-state index contributed by atoms with van der Waals surface area (Å²) in [6.07, 6.45) is 1.86. The van der Waals surface area contributed by atoms with Crippen molar-refractivity contribution in [3.8, 4) is 11.5 Å². The number of nitrogens with one attached hydrogen (secondary N) is 1. The van der Waals surface area contributed by atoms with Crippen LogP contribution in [0, 0.1) is 0 Å². The summed E-state index contributed by atoms with van der Waals surface area (Å²) in [5, 5.41) is 11.4. The van der Waals surface area contributed by atoms with Crippen molar-refractivity contribution < 1.29 is 9.21 Å². The topological polar surface area (TPSA) is 68.0 Å². The van der Waals surface area contributed by atoms with Crippen LogP contribution in [-0.4, -0.2) is 27.9 Å². The first-order valence-electron chi connectivity index (χ1n) is 7.14. The SMILES string of the molecule is CCC(CC)NC(=O)CSc1nnc(-c2ccccc2Br)o1. The van der Waals surface area contributed by atoms with Crippen molar-refractivity contribution in [2.45, 2.75) is 38.0 Å². The van der Waals surface area contributed by atoms with Gasteiger partial charge in [-0.25, -0.2) is 0 Å². The van der Waals surface area contributed by atoms with Crippen molar-refractivity contribution in [2.75, 3.05) is 5.75 Å². The maximum Gasteiger partial charge on any atom is 0.277 e. The summed E-state index contributed by atoms with van der Waals surface area (Å²) in [5.41, 5.74) is 0.836. The highest BCUT2D eigenvalue weighted by Crippen LogP contribution is 2.28. The van der Waals surface area contributed by atoms with Gasteiger partial charge in [0.2, 0.25) is 11.8 Å². The number of aromatic nitrogens is 2. The Hall–Kier alpha value is -1.34. The summed E-state index contributed by atoms with van der Waals surface area (Å²) in [5.74, 6) is 0.698. The Morgan fingerprint density at radius 1 is 1.32 bits per heavy atom. The van der Waals surface area contributed by atoms with Gasteiger partial charge in [0, 0.05) is 10.5 Å². The fourth-order valence-electron chi connectivity index (χ4n) is 1.90. The van der Waals surface area contributed by atoms with Crippen molar-refractivity contribution in [3.05, 3.63) is 28.7 Å². The van der Waals surface area contributed by atoms with Crippen LogP contribution >= 0.6 is 27.7 Å². The molecular weight excluding hydrogens is 366 g/mol. The van der Waals surface area contributed by atoms with E-state index in [1.54, 1.807) is 0 Å². The molecule has 5 nitrogen and oxygen atoms in total. The van der Waals surface area contributed by atoms with Gasteiger partial charge in [-0.1, -0.05) is 37.7 Å². The number of thioether (sulfide) groups is 1. The van der Waals surface area contributed by atoms with E-state index in [0.29, 0.717) is 11.1 Å². The number of hydrogen-bond donors (Lipinski definition) is 1. The molecule has 0 aliphatic rings. The Morgan fingerprint density at radius 3 is 2.73 bits per heavy atom. The van der Waals surface area contributed by atoms with Crippen LogP contribution in [0.2, 0.25) is 0 Å². The molecule has 0 atom stereocenters. The molecule has 1 aromatic carbocycles. The molecule has 0 aliphatic carbocycles. The van der Waals surface area contributed by atoms with Gasteiger partial charge >= 0.3 is 0 Å². The lowest BCUT2D eigenvalue weighted by Gasteiger charge is -2.13. The summed E-state index contributed by atoms with van der Waals surface area (Å²) in [4.78, 5) is 11.8. The Kier molecular flexibility index (Phi) is 6.45. The summed E-state index contributed by atoms with van der Waals surface area (Å²) < 4.78 is 6.48. The van der Waals surface area contributed by atoms with Gasteiger partial charge in [0.15, 0.2) is 0 Å². The quantitative estimate of drug-likeness (QED) is 0.734. The molecule has 7 heteroatoms. The van der Waals surface area contributed by atoms with E-state index in [-0.39, 0.29) is 17.7 Å². The first-order valence-corrected chi connectivity index (χ1v) is 8.92. The maximum absolute atomic E-state index is 11.8. The van der Waals surface area contributed by atoms with E-state index < -0.39 is 0 Å². The van der Waals surface area contributed by atoms with Crippen molar-refractivity contribution in [3.63, 3.8) is 0 Å². The number of amides is 1. The average molecular weight is 384 g/mol. The summed E-state index contributed by atoms with van der Waals surface area (Å²) >= 11 is 4.69. The van der Waals surface area contributed by atoms with Gasteiger partial charge in [-0.2, -0.15) is 0 Å². The lowest BCUT2D eigenvalue weighted by Crippen LogP contribution is -2.34. The lowest BCUT2D eigenvalue weighted by atomic mass is 10.2. The van der Waals surface area contributed by atoms with Gasteiger partial charge in [0.25, 0.3) is 5.22 Å². The van der Waals surface area contributed by atoms with E-state index in [1.165, 1.54) is 11.8 Å². The Morgan fingerprint density at radius 2 is 2.05 bits per heavy atom. The standard InChI is InChI=1S/C15H18BrN3O2S/c1-3-10(4-2)17-13(20)9-22-15-19-18-14(21-15)11-7-5-6-8-12(11)16/h5-8,10H,3-4,9H2,1-2H3,(H,17,20).